The molecule has 2 heterocycles. The Hall–Kier alpha value is -4.71. The molecule has 1 aliphatic rings. The van der Waals surface area contributed by atoms with Crippen LogP contribution in [0.2, 0.25) is 0 Å². The summed E-state index contributed by atoms with van der Waals surface area (Å²) < 4.78 is 16.3. The third kappa shape index (κ3) is 10.7. The number of carbonyl (C=O) groups excluding carboxylic acids is 1. The van der Waals surface area contributed by atoms with Crippen molar-refractivity contribution < 1.29 is 30.3 Å². The molecule has 1 aliphatic heterocycles. The van der Waals surface area contributed by atoms with Crippen LogP contribution in [-0.4, -0.2) is 55.5 Å². The number of nitrogens with zero attached hydrogens (tertiary/aromatic N) is 1. The van der Waals surface area contributed by atoms with Crippen molar-refractivity contribution in [2.45, 2.75) is 32.3 Å². The van der Waals surface area contributed by atoms with Gasteiger partial charge in [0.1, 0.15) is 5.76 Å². The molecule has 1 amide bonds. The Bertz CT molecular complexity index is 1350. The monoisotopic (exact) mass is 574 g/mol. The Labute approximate surface area is 250 Å². The maximum atomic E-state index is 11.0. The highest BCUT2D eigenvalue weighted by Gasteiger charge is 2.34. The van der Waals surface area contributed by atoms with E-state index in [0.29, 0.717) is 19.0 Å². The van der Waals surface area contributed by atoms with E-state index in [0.717, 1.165) is 46.4 Å². The van der Waals surface area contributed by atoms with E-state index in [-0.39, 0.29) is 19.1 Å². The summed E-state index contributed by atoms with van der Waals surface area (Å²) in [7, 11) is 3.31. The van der Waals surface area contributed by atoms with Gasteiger partial charge < -0.3 is 25.1 Å². The van der Waals surface area contributed by atoms with Gasteiger partial charge in [0.2, 0.25) is 5.91 Å². The van der Waals surface area contributed by atoms with Crippen molar-refractivity contribution in [1.29, 1.82) is 0 Å². The summed E-state index contributed by atoms with van der Waals surface area (Å²) in [6.07, 6.45) is 16.0. The Kier molecular flexibility index (Phi) is 15.6. The zero-order valence-electron chi connectivity index (χ0n) is 24.8. The van der Waals surface area contributed by atoms with Gasteiger partial charge in [0, 0.05) is 57.5 Å². The van der Waals surface area contributed by atoms with Crippen molar-refractivity contribution in [3.63, 3.8) is 0 Å². The van der Waals surface area contributed by atoms with Gasteiger partial charge in [-0.3, -0.25) is 14.6 Å². The molecule has 3 rings (SSSR count). The molecule has 0 unspecified atom stereocenters. The summed E-state index contributed by atoms with van der Waals surface area (Å²) in [6.45, 7) is 12.7. The van der Waals surface area contributed by atoms with Crippen molar-refractivity contribution in [2.24, 2.45) is 5.73 Å². The summed E-state index contributed by atoms with van der Waals surface area (Å²) >= 11 is 0. The number of hydrogen-bond acceptors (Lipinski definition) is 6. The molecule has 0 saturated carbocycles. The fourth-order valence-electron chi connectivity index (χ4n) is 4.02. The second-order valence-corrected chi connectivity index (χ2v) is 9.09. The number of benzene rings is 1. The molecule has 0 spiro atoms. The van der Waals surface area contributed by atoms with Crippen LogP contribution < -0.4 is 5.73 Å². The SMILES string of the molecule is C#C/C(C)=C(\C=C/C(=C)C1(OC)CCOCC1)OC.C=C(/C=C\c1c(C)cccc1-c1ccccn1)C(N)=O.O=CO.[HH]. The van der Waals surface area contributed by atoms with Gasteiger partial charge in [-0.15, -0.1) is 6.42 Å². The van der Waals surface area contributed by atoms with Crippen molar-refractivity contribution in [3.8, 4) is 23.6 Å². The predicted molar refractivity (Wildman–Crippen MR) is 169 cm³/mol. The molecule has 8 heteroatoms. The lowest BCUT2D eigenvalue weighted by Crippen LogP contribution is -2.39. The first kappa shape index (κ1) is 35.3. The van der Waals surface area contributed by atoms with Crippen molar-refractivity contribution in [3.05, 3.63) is 108 Å². The molecular formula is C34H42N2O6. The molecular weight excluding hydrogens is 532 g/mol. The minimum atomic E-state index is -0.519. The summed E-state index contributed by atoms with van der Waals surface area (Å²) in [4.78, 5) is 23.7. The largest absolute Gasteiger partial charge is 0.496 e. The summed E-state index contributed by atoms with van der Waals surface area (Å²) in [5, 5.41) is 6.89. The lowest BCUT2D eigenvalue weighted by Gasteiger charge is -2.36. The molecule has 0 atom stereocenters. The lowest BCUT2D eigenvalue weighted by molar-refractivity contribution is -0.123. The van der Waals surface area contributed by atoms with Crippen LogP contribution in [0.5, 0.6) is 0 Å². The van der Waals surface area contributed by atoms with Crippen LogP contribution in [0, 0.1) is 19.3 Å². The Morgan fingerprint density at radius 2 is 1.83 bits per heavy atom. The normalized spacial score (nSPS) is 14.3. The molecule has 1 fully saturated rings. The van der Waals surface area contributed by atoms with Gasteiger partial charge in [0.15, 0.2) is 0 Å². The van der Waals surface area contributed by atoms with Crippen molar-refractivity contribution in [1.82, 2.24) is 4.98 Å². The molecule has 0 radical (unpaired) electrons. The van der Waals surface area contributed by atoms with Crippen molar-refractivity contribution >= 4 is 18.5 Å². The van der Waals surface area contributed by atoms with Crippen molar-refractivity contribution in [2.75, 3.05) is 27.4 Å². The number of ether oxygens (including phenoxy) is 3. The standard InChI is InChI=1S/C17H16N2O.C16H22O3.CH2O2.H2/c1-12-6-5-7-15(16-8-3-4-11-19-16)14(12)10-9-13(2)17(18)20;1-6-13(2)15(17-4)8-7-14(3)16(18-5)9-11-19-12-10-16;2-1-3;/h3-11H,2H2,1H3,(H2,18,20);1,7-8H,3,9-12H2,2,4-5H3;1H,(H,2,3);1H/b10-9-;8-7-,15-13+;;. The average Bonchev–Trinajstić information content (AvgIpc) is 3.01. The topological polar surface area (TPSA) is 121 Å². The summed E-state index contributed by atoms with van der Waals surface area (Å²) in [5.41, 5.74) is 10.8. The van der Waals surface area contributed by atoms with Gasteiger partial charge in [-0.05, 0) is 54.8 Å². The zero-order valence-corrected chi connectivity index (χ0v) is 24.8. The minimum Gasteiger partial charge on any atom is -0.496 e. The van der Waals surface area contributed by atoms with Crippen LogP contribution in [0.15, 0.2) is 96.5 Å². The van der Waals surface area contributed by atoms with Gasteiger partial charge in [0.05, 0.1) is 18.4 Å². The highest BCUT2D eigenvalue weighted by atomic mass is 16.5. The quantitative estimate of drug-likeness (QED) is 0.126. The molecule has 0 aliphatic carbocycles. The van der Waals surface area contributed by atoms with Gasteiger partial charge in [-0.1, -0.05) is 55.5 Å². The Morgan fingerprint density at radius 3 is 2.36 bits per heavy atom. The van der Waals surface area contributed by atoms with E-state index in [1.54, 1.807) is 26.5 Å². The van der Waals surface area contributed by atoms with E-state index in [1.165, 1.54) is 0 Å². The molecule has 8 nitrogen and oxygen atoms in total. The number of aromatic nitrogens is 1. The molecule has 3 N–H and O–H groups in total. The van der Waals surface area contributed by atoms with Crippen LogP contribution in [-0.2, 0) is 23.8 Å². The van der Waals surface area contributed by atoms with E-state index in [9.17, 15) is 4.79 Å². The second-order valence-electron chi connectivity index (χ2n) is 9.09. The third-order valence-corrected chi connectivity index (χ3v) is 6.55. The fraction of sp³-hybridized carbons (Fsp3) is 0.265. The number of rotatable bonds is 9. The van der Waals surface area contributed by atoms with Crippen LogP contribution in [0.25, 0.3) is 17.3 Å². The van der Waals surface area contributed by atoms with Crippen LogP contribution >= 0.6 is 0 Å². The molecule has 1 aromatic carbocycles. The first-order valence-corrected chi connectivity index (χ1v) is 13.1. The summed E-state index contributed by atoms with van der Waals surface area (Å²) in [5.74, 6) is 2.71. The van der Waals surface area contributed by atoms with E-state index >= 15 is 0 Å². The van der Waals surface area contributed by atoms with Gasteiger partial charge in [-0.2, -0.15) is 0 Å². The maximum Gasteiger partial charge on any atom is 0.290 e. The van der Waals surface area contributed by atoms with E-state index in [2.05, 4.69) is 24.1 Å². The van der Waals surface area contributed by atoms with Gasteiger partial charge in [0.25, 0.3) is 6.47 Å². The molecule has 2 aromatic rings. The number of carboxylic acid groups (broad SMARTS) is 1. The van der Waals surface area contributed by atoms with E-state index in [4.69, 9.17) is 36.3 Å². The first-order chi connectivity index (χ1) is 20.1. The highest BCUT2D eigenvalue weighted by molar-refractivity contribution is 5.95. The average molecular weight is 575 g/mol. The number of pyridine rings is 1. The molecule has 1 saturated heterocycles. The van der Waals surface area contributed by atoms with Crippen LogP contribution in [0.4, 0.5) is 0 Å². The fourth-order valence-corrected chi connectivity index (χ4v) is 4.02. The molecule has 42 heavy (non-hydrogen) atoms. The number of amides is 1. The van der Waals surface area contributed by atoms with Crippen LogP contribution in [0.3, 0.4) is 0 Å². The number of primary amides is 1. The van der Waals surface area contributed by atoms with Gasteiger partial charge in [-0.25, -0.2) is 0 Å². The minimum absolute atomic E-state index is 0. The molecule has 1 aromatic heterocycles. The highest BCUT2D eigenvalue weighted by Crippen LogP contribution is 2.32. The second kappa shape index (κ2) is 18.6. The number of terminal acetylenes is 1. The Balaban J connectivity index is 0.000000737. The lowest BCUT2D eigenvalue weighted by atomic mass is 9.86. The van der Waals surface area contributed by atoms with Crippen LogP contribution in [0.1, 0.15) is 32.3 Å². The summed E-state index contributed by atoms with van der Waals surface area (Å²) in [6, 6.07) is 11.8. The number of methoxy groups -OCH3 is 2. The Morgan fingerprint density at radius 1 is 1.17 bits per heavy atom. The maximum absolute atomic E-state index is 11.0. The smallest absolute Gasteiger partial charge is 0.290 e. The third-order valence-electron chi connectivity index (χ3n) is 6.55. The van der Waals surface area contributed by atoms with E-state index in [1.807, 2.05) is 68.5 Å². The number of hydrogen-bond donors (Lipinski definition) is 2. The molecule has 224 valence electrons. The molecule has 0 bridgehead atoms. The van der Waals surface area contributed by atoms with E-state index < -0.39 is 5.91 Å². The van der Waals surface area contributed by atoms with Gasteiger partial charge >= 0.3 is 0 Å². The predicted octanol–water partition coefficient (Wildman–Crippen LogP) is 5.91. The number of nitrogens with two attached hydrogens (primary N) is 1. The number of carbonyl (C=O) groups is 2. The first-order valence-electron chi connectivity index (χ1n) is 13.1. The zero-order chi connectivity index (χ0) is 31.5. The number of aryl methyl sites for hydroxylation is 1. The number of allylic oxidation sites excluding steroid dienone is 2.